The summed E-state index contributed by atoms with van der Waals surface area (Å²) in [5, 5.41) is 3.55. The molecule has 2 heteroatoms. The first-order valence-corrected chi connectivity index (χ1v) is 8.56. The van der Waals surface area contributed by atoms with Crippen molar-refractivity contribution in [3.63, 3.8) is 0 Å². The molecule has 1 N–H and O–H groups in total. The van der Waals surface area contributed by atoms with Crippen molar-refractivity contribution in [2.75, 3.05) is 13.2 Å². The van der Waals surface area contributed by atoms with Crippen molar-refractivity contribution in [1.29, 1.82) is 0 Å². The molecular weight excluding hydrogens is 258 g/mol. The molecule has 21 heavy (non-hydrogen) atoms. The second-order valence-corrected chi connectivity index (χ2v) is 6.52. The Morgan fingerprint density at radius 1 is 1.00 bits per heavy atom. The highest BCUT2D eigenvalue weighted by Gasteiger charge is 2.12. The molecule has 0 amide bonds. The van der Waals surface area contributed by atoms with Crippen LogP contribution in [0.15, 0.2) is 12.1 Å². The van der Waals surface area contributed by atoms with Gasteiger partial charge in [0.25, 0.3) is 0 Å². The summed E-state index contributed by atoms with van der Waals surface area (Å²) in [6.07, 6.45) is 8.31. The Morgan fingerprint density at radius 3 is 2.48 bits per heavy atom. The summed E-state index contributed by atoms with van der Waals surface area (Å²) in [7, 11) is 0. The number of benzene rings is 1. The zero-order chi connectivity index (χ0) is 15.1. The van der Waals surface area contributed by atoms with Crippen molar-refractivity contribution in [1.82, 2.24) is 5.32 Å². The molecule has 0 aliphatic heterocycles. The maximum atomic E-state index is 5.95. The summed E-state index contributed by atoms with van der Waals surface area (Å²) in [6.45, 7) is 9.49. The smallest absolute Gasteiger partial charge is 0.0575 e. The Bertz CT molecular complexity index is 435. The molecule has 1 aliphatic rings. The molecule has 1 fully saturated rings. The van der Waals surface area contributed by atoms with Gasteiger partial charge in [0.15, 0.2) is 0 Å². The SMILES string of the molecule is Cc1cc(C)c(CNCCCOC2CCCCC2)cc1C. The van der Waals surface area contributed by atoms with Crippen LogP contribution in [0.1, 0.15) is 60.8 Å². The van der Waals surface area contributed by atoms with E-state index < -0.39 is 0 Å². The molecule has 1 aliphatic carbocycles. The molecule has 0 heterocycles. The molecule has 2 nitrogen and oxygen atoms in total. The topological polar surface area (TPSA) is 21.3 Å². The third-order valence-electron chi connectivity index (χ3n) is 4.67. The monoisotopic (exact) mass is 289 g/mol. The Hall–Kier alpha value is -0.860. The molecule has 0 unspecified atom stereocenters. The molecule has 0 spiro atoms. The fourth-order valence-electron chi connectivity index (χ4n) is 3.11. The van der Waals surface area contributed by atoms with Crippen molar-refractivity contribution in [3.8, 4) is 0 Å². The predicted molar refractivity (Wildman–Crippen MR) is 89.8 cm³/mol. The number of ether oxygens (including phenoxy) is 1. The molecule has 0 saturated heterocycles. The van der Waals surface area contributed by atoms with Crippen LogP contribution in [0.4, 0.5) is 0 Å². The van der Waals surface area contributed by atoms with Gasteiger partial charge in [0.2, 0.25) is 0 Å². The maximum Gasteiger partial charge on any atom is 0.0575 e. The number of aryl methyl sites for hydroxylation is 3. The highest BCUT2D eigenvalue weighted by atomic mass is 16.5. The number of hydrogen-bond donors (Lipinski definition) is 1. The first-order valence-electron chi connectivity index (χ1n) is 8.56. The van der Waals surface area contributed by atoms with Gasteiger partial charge in [-0.1, -0.05) is 31.4 Å². The standard InChI is InChI=1S/C19H31NO/c1-15-12-17(3)18(13-16(15)2)14-20-10-7-11-21-19-8-5-4-6-9-19/h12-13,19-20H,4-11,14H2,1-3H3. The molecule has 0 atom stereocenters. The lowest BCUT2D eigenvalue weighted by molar-refractivity contribution is 0.0273. The Kier molecular flexibility index (Phi) is 6.72. The minimum Gasteiger partial charge on any atom is -0.378 e. The van der Waals surface area contributed by atoms with E-state index in [4.69, 9.17) is 4.74 Å². The fraction of sp³-hybridized carbons (Fsp3) is 0.684. The lowest BCUT2D eigenvalue weighted by Crippen LogP contribution is -2.21. The van der Waals surface area contributed by atoms with Gasteiger partial charge in [0.05, 0.1) is 6.10 Å². The number of nitrogens with one attached hydrogen (secondary N) is 1. The van der Waals surface area contributed by atoms with Crippen LogP contribution in [-0.4, -0.2) is 19.3 Å². The third kappa shape index (κ3) is 5.44. The van der Waals surface area contributed by atoms with Crippen LogP contribution < -0.4 is 5.32 Å². The highest BCUT2D eigenvalue weighted by molar-refractivity contribution is 5.36. The van der Waals surface area contributed by atoms with Crippen LogP contribution >= 0.6 is 0 Å². The van der Waals surface area contributed by atoms with Gasteiger partial charge in [-0.05, 0) is 68.8 Å². The number of rotatable bonds is 7. The molecule has 0 aromatic heterocycles. The van der Waals surface area contributed by atoms with Gasteiger partial charge in [-0.3, -0.25) is 0 Å². The zero-order valence-corrected chi connectivity index (χ0v) is 14.0. The Labute approximate surface area is 130 Å². The first kappa shape index (κ1) is 16.5. The van der Waals surface area contributed by atoms with Crippen molar-refractivity contribution in [2.45, 2.75) is 71.9 Å². The van der Waals surface area contributed by atoms with E-state index in [1.165, 1.54) is 54.4 Å². The highest BCUT2D eigenvalue weighted by Crippen LogP contribution is 2.20. The van der Waals surface area contributed by atoms with Crippen molar-refractivity contribution in [3.05, 3.63) is 34.4 Å². The Morgan fingerprint density at radius 2 is 1.71 bits per heavy atom. The van der Waals surface area contributed by atoms with Crippen LogP contribution in [0.2, 0.25) is 0 Å². The van der Waals surface area contributed by atoms with Crippen LogP contribution in [-0.2, 0) is 11.3 Å². The van der Waals surface area contributed by atoms with Gasteiger partial charge in [0.1, 0.15) is 0 Å². The largest absolute Gasteiger partial charge is 0.378 e. The quantitative estimate of drug-likeness (QED) is 0.749. The molecule has 118 valence electrons. The van der Waals surface area contributed by atoms with Gasteiger partial charge in [-0.2, -0.15) is 0 Å². The summed E-state index contributed by atoms with van der Waals surface area (Å²) in [4.78, 5) is 0. The molecule has 0 bridgehead atoms. The van der Waals surface area contributed by atoms with Gasteiger partial charge >= 0.3 is 0 Å². The second kappa shape index (κ2) is 8.55. The van der Waals surface area contributed by atoms with Crippen LogP contribution in [0.3, 0.4) is 0 Å². The predicted octanol–water partition coefficient (Wildman–Crippen LogP) is 4.44. The average Bonchev–Trinajstić information content (AvgIpc) is 2.49. The number of hydrogen-bond acceptors (Lipinski definition) is 2. The maximum absolute atomic E-state index is 5.95. The summed E-state index contributed by atoms with van der Waals surface area (Å²) < 4.78 is 5.95. The molecule has 1 saturated carbocycles. The molecule has 1 aromatic rings. The van der Waals surface area contributed by atoms with E-state index in [2.05, 4.69) is 38.2 Å². The van der Waals surface area contributed by atoms with E-state index in [0.717, 1.165) is 26.1 Å². The summed E-state index contributed by atoms with van der Waals surface area (Å²) in [5.41, 5.74) is 5.59. The average molecular weight is 289 g/mol. The normalized spacial score (nSPS) is 16.3. The molecule has 1 aromatic carbocycles. The molecular formula is C19H31NO. The minimum atomic E-state index is 0.542. The lowest BCUT2D eigenvalue weighted by atomic mass is 9.98. The van der Waals surface area contributed by atoms with E-state index in [1.807, 2.05) is 0 Å². The van der Waals surface area contributed by atoms with E-state index >= 15 is 0 Å². The fourth-order valence-corrected chi connectivity index (χ4v) is 3.11. The van der Waals surface area contributed by atoms with Crippen LogP contribution in [0.5, 0.6) is 0 Å². The van der Waals surface area contributed by atoms with Gasteiger partial charge < -0.3 is 10.1 Å². The summed E-state index contributed by atoms with van der Waals surface area (Å²) in [6, 6.07) is 4.61. The van der Waals surface area contributed by atoms with E-state index in [1.54, 1.807) is 0 Å². The summed E-state index contributed by atoms with van der Waals surface area (Å²) in [5.74, 6) is 0. The van der Waals surface area contributed by atoms with Gasteiger partial charge in [-0.15, -0.1) is 0 Å². The molecule has 2 rings (SSSR count). The van der Waals surface area contributed by atoms with Gasteiger partial charge in [-0.25, -0.2) is 0 Å². The van der Waals surface area contributed by atoms with Crippen molar-refractivity contribution in [2.24, 2.45) is 0 Å². The molecule has 0 radical (unpaired) electrons. The van der Waals surface area contributed by atoms with Crippen LogP contribution in [0, 0.1) is 20.8 Å². The van der Waals surface area contributed by atoms with Crippen molar-refractivity contribution < 1.29 is 4.74 Å². The van der Waals surface area contributed by atoms with Crippen molar-refractivity contribution >= 4 is 0 Å². The van der Waals surface area contributed by atoms with E-state index in [9.17, 15) is 0 Å². The van der Waals surface area contributed by atoms with E-state index in [0.29, 0.717) is 6.10 Å². The summed E-state index contributed by atoms with van der Waals surface area (Å²) >= 11 is 0. The van der Waals surface area contributed by atoms with Gasteiger partial charge in [0, 0.05) is 13.2 Å². The first-order chi connectivity index (χ1) is 10.2. The lowest BCUT2D eigenvalue weighted by Gasteiger charge is -2.22. The minimum absolute atomic E-state index is 0.542. The van der Waals surface area contributed by atoms with Crippen LogP contribution in [0.25, 0.3) is 0 Å². The zero-order valence-electron chi connectivity index (χ0n) is 14.0. The second-order valence-electron chi connectivity index (χ2n) is 6.52. The Balaban J connectivity index is 1.60. The van der Waals surface area contributed by atoms with E-state index in [-0.39, 0.29) is 0 Å². The third-order valence-corrected chi connectivity index (χ3v) is 4.67.